The first-order valence-electron chi connectivity index (χ1n) is 7.26. The second-order valence-electron chi connectivity index (χ2n) is 3.38. The molecule has 0 aromatic carbocycles. The molecule has 0 heterocycles. The molecular formula is C13H32N4O2S. The van der Waals surface area contributed by atoms with Crippen LogP contribution in [-0.2, 0) is 9.59 Å². The van der Waals surface area contributed by atoms with Crippen LogP contribution in [0, 0.1) is 0 Å². The highest BCUT2D eigenvalue weighted by Gasteiger charge is 1.94. The monoisotopic (exact) mass is 308 g/mol. The molecule has 0 aromatic rings. The van der Waals surface area contributed by atoms with Gasteiger partial charge in [0.1, 0.15) is 0 Å². The Bertz CT molecular complexity index is 195. The van der Waals surface area contributed by atoms with Gasteiger partial charge in [-0.05, 0) is 12.2 Å². The zero-order valence-electron chi connectivity index (χ0n) is 13.5. The van der Waals surface area contributed by atoms with Crippen molar-refractivity contribution in [2.24, 2.45) is 0 Å². The van der Waals surface area contributed by atoms with Gasteiger partial charge in [-0.2, -0.15) is 12.6 Å². The summed E-state index contributed by atoms with van der Waals surface area (Å²) in [4.78, 5) is 21.2. The van der Waals surface area contributed by atoms with Crippen LogP contribution < -0.4 is 21.7 Å². The zero-order chi connectivity index (χ0) is 16.2. The van der Waals surface area contributed by atoms with Gasteiger partial charge in [-0.3, -0.25) is 20.4 Å². The van der Waals surface area contributed by atoms with E-state index in [1.807, 2.05) is 34.6 Å². The summed E-state index contributed by atoms with van der Waals surface area (Å²) in [5, 5.41) is 0. The van der Waals surface area contributed by atoms with Gasteiger partial charge in [0.05, 0.1) is 0 Å². The molecule has 0 unspecified atom stereocenters. The average Bonchev–Trinajstić information content (AvgIpc) is 2.46. The molecule has 0 aliphatic rings. The van der Waals surface area contributed by atoms with Gasteiger partial charge in [0.15, 0.2) is 0 Å². The Balaban J connectivity index is -0.000000257. The number of amides is 2. The summed E-state index contributed by atoms with van der Waals surface area (Å²) in [6, 6.07) is 0. The van der Waals surface area contributed by atoms with Crippen molar-refractivity contribution in [3.05, 3.63) is 0 Å². The van der Waals surface area contributed by atoms with Gasteiger partial charge in [-0.1, -0.05) is 34.6 Å². The van der Waals surface area contributed by atoms with Crippen LogP contribution >= 0.6 is 12.6 Å². The second kappa shape index (κ2) is 23.3. The van der Waals surface area contributed by atoms with E-state index < -0.39 is 0 Å². The van der Waals surface area contributed by atoms with Crippen LogP contribution in [0.4, 0.5) is 0 Å². The molecule has 0 saturated carbocycles. The first kappa shape index (κ1) is 24.2. The average molecular weight is 308 g/mol. The standard InChI is InChI=1S/C6H14N2O.C5H12N2OS.C2H6/c1-3-5-6(9)8-7-4-2;1-2-6-7-5(8)3-4-9;1-2/h7H,3-5H2,1-2H3,(H,8,9);6,9H,2-4H2,1H3,(H,7,8);1-2H3. The minimum atomic E-state index is -0.00755. The number of carbonyl (C=O) groups excluding carboxylic acids is 2. The highest BCUT2D eigenvalue weighted by atomic mass is 32.1. The second-order valence-corrected chi connectivity index (χ2v) is 3.83. The molecule has 0 rings (SSSR count). The lowest BCUT2D eigenvalue weighted by Gasteiger charge is -2.01. The molecule has 6 nitrogen and oxygen atoms in total. The molecule has 0 radical (unpaired) electrons. The summed E-state index contributed by atoms with van der Waals surface area (Å²) < 4.78 is 0. The van der Waals surface area contributed by atoms with Crippen LogP contribution in [0.1, 0.15) is 53.9 Å². The summed E-state index contributed by atoms with van der Waals surface area (Å²) in [6.07, 6.45) is 1.97. The molecular weight excluding hydrogens is 276 g/mol. The van der Waals surface area contributed by atoms with Crippen molar-refractivity contribution in [2.75, 3.05) is 18.8 Å². The Morgan fingerprint density at radius 1 is 0.850 bits per heavy atom. The topological polar surface area (TPSA) is 82.3 Å². The molecule has 20 heavy (non-hydrogen) atoms. The number of hydrogen-bond acceptors (Lipinski definition) is 5. The Labute approximate surface area is 129 Å². The minimum absolute atomic E-state index is 0.00755. The van der Waals surface area contributed by atoms with Crippen molar-refractivity contribution in [2.45, 2.75) is 53.9 Å². The SMILES string of the molecule is CC.CCCC(=O)NNCC.CCNNC(=O)CCS. The van der Waals surface area contributed by atoms with Gasteiger partial charge in [0, 0.05) is 25.9 Å². The fourth-order valence-corrected chi connectivity index (χ4v) is 1.03. The number of rotatable bonds is 8. The molecule has 0 bridgehead atoms. The van der Waals surface area contributed by atoms with E-state index in [0.29, 0.717) is 18.6 Å². The third-order valence-corrected chi connectivity index (χ3v) is 1.85. The van der Waals surface area contributed by atoms with Crippen LogP contribution in [0.2, 0.25) is 0 Å². The predicted octanol–water partition coefficient (Wildman–Crippen LogP) is 1.40. The van der Waals surface area contributed by atoms with E-state index in [4.69, 9.17) is 0 Å². The summed E-state index contributed by atoms with van der Waals surface area (Å²) in [6.45, 7) is 11.4. The third kappa shape index (κ3) is 25.9. The Kier molecular flexibility index (Phi) is 28.3. The first-order valence-corrected chi connectivity index (χ1v) is 7.89. The highest BCUT2D eigenvalue weighted by molar-refractivity contribution is 7.80. The predicted molar refractivity (Wildman–Crippen MR) is 88.4 cm³/mol. The number of carbonyl (C=O) groups is 2. The lowest BCUT2D eigenvalue weighted by molar-refractivity contribution is -0.122. The zero-order valence-corrected chi connectivity index (χ0v) is 14.4. The van der Waals surface area contributed by atoms with E-state index in [9.17, 15) is 9.59 Å². The molecule has 4 N–H and O–H groups in total. The number of thiol groups is 1. The van der Waals surface area contributed by atoms with Crippen LogP contribution in [0.25, 0.3) is 0 Å². The molecule has 0 spiro atoms. The molecule has 0 aromatic heterocycles. The summed E-state index contributed by atoms with van der Waals surface area (Å²) in [7, 11) is 0. The van der Waals surface area contributed by atoms with Gasteiger partial charge >= 0.3 is 0 Å². The fourth-order valence-electron chi connectivity index (χ4n) is 0.828. The maximum Gasteiger partial charge on any atom is 0.234 e. The van der Waals surface area contributed by atoms with Crippen molar-refractivity contribution in [3.63, 3.8) is 0 Å². The third-order valence-electron chi connectivity index (χ3n) is 1.63. The highest BCUT2D eigenvalue weighted by Crippen LogP contribution is 1.82. The van der Waals surface area contributed by atoms with E-state index in [0.717, 1.165) is 19.5 Å². The molecule has 0 aliphatic carbocycles. The number of hydrazine groups is 2. The van der Waals surface area contributed by atoms with E-state index in [2.05, 4.69) is 34.3 Å². The van der Waals surface area contributed by atoms with Gasteiger partial charge < -0.3 is 0 Å². The van der Waals surface area contributed by atoms with Crippen LogP contribution in [-0.4, -0.2) is 30.7 Å². The van der Waals surface area contributed by atoms with Crippen molar-refractivity contribution < 1.29 is 9.59 Å². The molecule has 7 heteroatoms. The quantitative estimate of drug-likeness (QED) is 0.347. The maximum absolute atomic E-state index is 10.6. The van der Waals surface area contributed by atoms with Crippen molar-refractivity contribution in [1.82, 2.24) is 21.7 Å². The van der Waals surface area contributed by atoms with Gasteiger partial charge in [-0.15, -0.1) is 0 Å². The number of hydrogen-bond donors (Lipinski definition) is 5. The van der Waals surface area contributed by atoms with Crippen molar-refractivity contribution in [1.29, 1.82) is 0 Å². The molecule has 0 fully saturated rings. The Morgan fingerprint density at radius 2 is 1.25 bits per heavy atom. The lowest BCUT2D eigenvalue weighted by atomic mass is 10.3. The largest absolute Gasteiger partial charge is 0.292 e. The first-order chi connectivity index (χ1) is 9.62. The van der Waals surface area contributed by atoms with Crippen molar-refractivity contribution in [3.8, 4) is 0 Å². The van der Waals surface area contributed by atoms with Gasteiger partial charge in [-0.25, -0.2) is 10.9 Å². The molecule has 0 atom stereocenters. The molecule has 0 aliphatic heterocycles. The Hall–Kier alpha value is -0.790. The molecule has 0 saturated heterocycles. The van der Waals surface area contributed by atoms with Crippen molar-refractivity contribution >= 4 is 24.4 Å². The van der Waals surface area contributed by atoms with Crippen LogP contribution in [0.5, 0.6) is 0 Å². The van der Waals surface area contributed by atoms with E-state index in [-0.39, 0.29) is 11.8 Å². The Morgan fingerprint density at radius 3 is 1.55 bits per heavy atom. The summed E-state index contributed by atoms with van der Waals surface area (Å²) >= 11 is 3.89. The van der Waals surface area contributed by atoms with Crippen LogP contribution in [0.3, 0.4) is 0 Å². The summed E-state index contributed by atoms with van der Waals surface area (Å²) in [5.41, 5.74) is 10.5. The minimum Gasteiger partial charge on any atom is -0.292 e. The number of nitrogens with one attached hydrogen (secondary N) is 4. The lowest BCUT2D eigenvalue weighted by Crippen LogP contribution is -2.37. The fraction of sp³-hybridized carbons (Fsp3) is 0.846. The smallest absolute Gasteiger partial charge is 0.234 e. The van der Waals surface area contributed by atoms with E-state index in [1.165, 1.54) is 0 Å². The maximum atomic E-state index is 10.6. The van der Waals surface area contributed by atoms with Gasteiger partial charge in [0.25, 0.3) is 0 Å². The van der Waals surface area contributed by atoms with Crippen LogP contribution in [0.15, 0.2) is 0 Å². The molecule has 122 valence electrons. The van der Waals surface area contributed by atoms with Gasteiger partial charge in [0.2, 0.25) is 11.8 Å². The normalized spacial score (nSPS) is 8.50. The van der Waals surface area contributed by atoms with E-state index >= 15 is 0 Å². The molecule has 2 amide bonds. The summed E-state index contributed by atoms with van der Waals surface area (Å²) in [5.74, 6) is 0.656. The van der Waals surface area contributed by atoms with E-state index in [1.54, 1.807) is 0 Å².